The van der Waals surface area contributed by atoms with Crippen molar-refractivity contribution in [2.45, 2.75) is 19.4 Å². The van der Waals surface area contributed by atoms with Crippen LogP contribution >= 0.6 is 0 Å². The summed E-state index contributed by atoms with van der Waals surface area (Å²) in [5, 5.41) is 8.81. The van der Waals surface area contributed by atoms with E-state index in [9.17, 15) is 9.18 Å². The molecule has 0 spiro atoms. The number of carboxylic acid groups (broad SMARTS) is 1. The summed E-state index contributed by atoms with van der Waals surface area (Å²) in [6, 6.07) is 4.07. The van der Waals surface area contributed by atoms with Crippen LogP contribution in [0.15, 0.2) is 18.2 Å². The quantitative estimate of drug-likeness (QED) is 0.900. The Kier molecular flexibility index (Phi) is 5.09. The molecule has 1 aliphatic rings. The van der Waals surface area contributed by atoms with E-state index in [1.165, 1.54) is 6.07 Å². The zero-order valence-electron chi connectivity index (χ0n) is 11.6. The van der Waals surface area contributed by atoms with E-state index >= 15 is 0 Å². The Morgan fingerprint density at radius 3 is 2.95 bits per heavy atom. The van der Waals surface area contributed by atoms with Crippen molar-refractivity contribution in [1.29, 1.82) is 0 Å². The topological polar surface area (TPSA) is 49.8 Å². The van der Waals surface area contributed by atoms with Crippen molar-refractivity contribution >= 4 is 5.97 Å². The van der Waals surface area contributed by atoms with Gasteiger partial charge in [0, 0.05) is 25.3 Å². The van der Waals surface area contributed by atoms with Gasteiger partial charge in [0.25, 0.3) is 0 Å². The Morgan fingerprint density at radius 2 is 2.35 bits per heavy atom. The van der Waals surface area contributed by atoms with Crippen molar-refractivity contribution in [3.8, 4) is 0 Å². The molecule has 1 unspecified atom stereocenters. The highest BCUT2D eigenvalue weighted by atomic mass is 19.1. The van der Waals surface area contributed by atoms with Crippen LogP contribution in [-0.4, -0.2) is 42.8 Å². The van der Waals surface area contributed by atoms with E-state index in [1.54, 1.807) is 6.07 Å². The summed E-state index contributed by atoms with van der Waals surface area (Å²) in [5.41, 5.74) is 0.504. The van der Waals surface area contributed by atoms with Gasteiger partial charge in [0.15, 0.2) is 0 Å². The van der Waals surface area contributed by atoms with Crippen LogP contribution in [0.25, 0.3) is 0 Å². The number of nitrogens with zero attached hydrogens (tertiary/aromatic N) is 1. The van der Waals surface area contributed by atoms with Gasteiger partial charge in [0.1, 0.15) is 5.82 Å². The van der Waals surface area contributed by atoms with Crippen molar-refractivity contribution in [2.75, 3.05) is 26.8 Å². The first-order chi connectivity index (χ1) is 9.56. The summed E-state index contributed by atoms with van der Waals surface area (Å²) >= 11 is 0. The van der Waals surface area contributed by atoms with Crippen molar-refractivity contribution in [3.63, 3.8) is 0 Å². The first kappa shape index (κ1) is 14.9. The molecule has 20 heavy (non-hydrogen) atoms. The molecule has 0 saturated carbocycles. The Bertz CT molecular complexity index is 472. The van der Waals surface area contributed by atoms with Crippen LogP contribution in [0.2, 0.25) is 0 Å². The molecule has 110 valence electrons. The minimum absolute atomic E-state index is 0.0189. The zero-order valence-corrected chi connectivity index (χ0v) is 11.6. The molecule has 0 aromatic heterocycles. The van der Waals surface area contributed by atoms with Gasteiger partial charge < -0.3 is 14.7 Å². The average molecular weight is 281 g/mol. The second-order valence-corrected chi connectivity index (χ2v) is 5.39. The van der Waals surface area contributed by atoms with Crippen LogP contribution in [0, 0.1) is 11.7 Å². The molecule has 1 N–H and O–H groups in total. The van der Waals surface area contributed by atoms with Crippen LogP contribution in [0.3, 0.4) is 0 Å². The second kappa shape index (κ2) is 6.81. The van der Waals surface area contributed by atoms with Gasteiger partial charge in [0.05, 0.1) is 12.2 Å². The normalized spacial score (nSPS) is 19.2. The number of ether oxygens (including phenoxy) is 1. The minimum Gasteiger partial charge on any atom is -0.478 e. The molecule has 1 atom stereocenters. The molecule has 4 nitrogen and oxygen atoms in total. The van der Waals surface area contributed by atoms with E-state index in [0.717, 1.165) is 38.7 Å². The number of rotatable bonds is 5. The largest absolute Gasteiger partial charge is 0.478 e. The maximum Gasteiger partial charge on any atom is 0.335 e. The van der Waals surface area contributed by atoms with Crippen molar-refractivity contribution in [2.24, 2.45) is 5.92 Å². The van der Waals surface area contributed by atoms with Gasteiger partial charge in [0.2, 0.25) is 0 Å². The highest BCUT2D eigenvalue weighted by Gasteiger charge is 2.17. The molecular weight excluding hydrogens is 261 g/mol. The van der Waals surface area contributed by atoms with Gasteiger partial charge in [-0.1, -0.05) is 6.07 Å². The van der Waals surface area contributed by atoms with Gasteiger partial charge in [-0.15, -0.1) is 0 Å². The highest BCUT2D eigenvalue weighted by Crippen LogP contribution is 2.17. The van der Waals surface area contributed by atoms with Gasteiger partial charge in [-0.25, -0.2) is 9.18 Å². The molecule has 1 aliphatic heterocycles. The van der Waals surface area contributed by atoms with E-state index in [4.69, 9.17) is 9.84 Å². The number of carboxylic acids is 1. The fourth-order valence-electron chi connectivity index (χ4n) is 2.56. The number of hydrogen-bond donors (Lipinski definition) is 1. The fraction of sp³-hybridized carbons (Fsp3) is 0.533. The maximum absolute atomic E-state index is 13.8. The SMILES string of the molecule is CN(Cc1ccc(C(=O)O)cc1F)CC1CCCOC1. The molecule has 0 bridgehead atoms. The van der Waals surface area contributed by atoms with Gasteiger partial charge in [-0.3, -0.25) is 0 Å². The van der Waals surface area contributed by atoms with E-state index < -0.39 is 11.8 Å². The number of halogens is 1. The predicted octanol–water partition coefficient (Wildman–Crippen LogP) is 2.38. The summed E-state index contributed by atoms with van der Waals surface area (Å²) < 4.78 is 19.3. The Morgan fingerprint density at radius 1 is 1.55 bits per heavy atom. The smallest absolute Gasteiger partial charge is 0.335 e. The molecular formula is C15H20FNO3. The lowest BCUT2D eigenvalue weighted by Gasteiger charge is -2.27. The Hall–Kier alpha value is -1.46. The molecule has 0 aliphatic carbocycles. The lowest BCUT2D eigenvalue weighted by molar-refractivity contribution is 0.0410. The van der Waals surface area contributed by atoms with Gasteiger partial charge in [-0.2, -0.15) is 0 Å². The first-order valence-corrected chi connectivity index (χ1v) is 6.84. The van der Waals surface area contributed by atoms with Gasteiger partial charge >= 0.3 is 5.97 Å². The summed E-state index contributed by atoms with van der Waals surface area (Å²) in [6.07, 6.45) is 2.23. The first-order valence-electron chi connectivity index (χ1n) is 6.84. The molecule has 1 fully saturated rings. The molecule has 0 radical (unpaired) electrons. The molecule has 1 aromatic rings. The number of benzene rings is 1. The summed E-state index contributed by atoms with van der Waals surface area (Å²) in [7, 11) is 1.94. The van der Waals surface area contributed by atoms with E-state index in [0.29, 0.717) is 18.0 Å². The molecule has 0 amide bonds. The summed E-state index contributed by atoms with van der Waals surface area (Å²) in [6.45, 7) is 2.94. The monoisotopic (exact) mass is 281 g/mol. The third-order valence-corrected chi connectivity index (χ3v) is 3.56. The average Bonchev–Trinajstić information content (AvgIpc) is 2.42. The lowest BCUT2D eigenvalue weighted by atomic mass is 10.0. The van der Waals surface area contributed by atoms with Crippen LogP contribution in [0.5, 0.6) is 0 Å². The molecule has 2 rings (SSSR count). The Balaban J connectivity index is 1.93. The van der Waals surface area contributed by atoms with Crippen LogP contribution < -0.4 is 0 Å². The molecule has 1 saturated heterocycles. The molecule has 5 heteroatoms. The van der Waals surface area contributed by atoms with Crippen molar-refractivity contribution < 1.29 is 19.0 Å². The Labute approximate surface area is 118 Å². The minimum atomic E-state index is -1.11. The number of hydrogen-bond acceptors (Lipinski definition) is 3. The third kappa shape index (κ3) is 4.02. The zero-order chi connectivity index (χ0) is 14.5. The predicted molar refractivity (Wildman–Crippen MR) is 73.2 cm³/mol. The summed E-state index contributed by atoms with van der Waals surface area (Å²) in [4.78, 5) is 12.8. The van der Waals surface area contributed by atoms with E-state index in [2.05, 4.69) is 4.90 Å². The second-order valence-electron chi connectivity index (χ2n) is 5.39. The van der Waals surface area contributed by atoms with E-state index in [1.807, 2.05) is 7.05 Å². The third-order valence-electron chi connectivity index (χ3n) is 3.56. The standard InChI is InChI=1S/C15H20FNO3/c1-17(8-11-3-2-6-20-10-11)9-13-5-4-12(15(18)19)7-14(13)16/h4-5,7,11H,2-3,6,8-10H2,1H3,(H,18,19). The van der Waals surface area contributed by atoms with Crippen molar-refractivity contribution in [3.05, 3.63) is 35.1 Å². The lowest BCUT2D eigenvalue weighted by Crippen LogP contribution is -2.30. The number of aromatic carboxylic acids is 1. The highest BCUT2D eigenvalue weighted by molar-refractivity contribution is 5.87. The molecule has 1 aromatic carbocycles. The summed E-state index contributed by atoms with van der Waals surface area (Å²) in [5.74, 6) is -1.07. The van der Waals surface area contributed by atoms with Crippen LogP contribution in [0.4, 0.5) is 4.39 Å². The van der Waals surface area contributed by atoms with Gasteiger partial charge in [-0.05, 0) is 37.9 Å². The fourth-order valence-corrected chi connectivity index (χ4v) is 2.56. The van der Waals surface area contributed by atoms with E-state index in [-0.39, 0.29) is 5.56 Å². The van der Waals surface area contributed by atoms with Crippen LogP contribution in [0.1, 0.15) is 28.8 Å². The van der Waals surface area contributed by atoms with Crippen molar-refractivity contribution in [1.82, 2.24) is 4.90 Å². The number of carbonyl (C=O) groups is 1. The van der Waals surface area contributed by atoms with Crippen LogP contribution in [-0.2, 0) is 11.3 Å². The maximum atomic E-state index is 13.8. The molecule has 1 heterocycles.